The summed E-state index contributed by atoms with van der Waals surface area (Å²) >= 11 is 0. The highest BCUT2D eigenvalue weighted by Crippen LogP contribution is 2.27. The Morgan fingerprint density at radius 3 is 2.28 bits per heavy atom. The van der Waals surface area contributed by atoms with E-state index in [0.29, 0.717) is 17.1 Å². The zero-order chi connectivity index (χ0) is 22.8. The average Bonchev–Trinajstić information content (AvgIpc) is 3.21. The molecular weight excluding hydrogens is 418 g/mol. The number of hydrogen-bond donors (Lipinski definition) is 3. The van der Waals surface area contributed by atoms with Crippen molar-refractivity contribution in [3.8, 4) is 0 Å². The maximum atomic E-state index is 13.8. The molecular formula is C24H18F2N2O4. The Balaban J connectivity index is 1.83. The summed E-state index contributed by atoms with van der Waals surface area (Å²) in [4.78, 5) is 34.1. The molecule has 2 atom stereocenters. The van der Waals surface area contributed by atoms with Gasteiger partial charge in [-0.2, -0.15) is 0 Å². The second-order valence-electron chi connectivity index (χ2n) is 7.28. The Morgan fingerprint density at radius 1 is 0.906 bits per heavy atom. The highest BCUT2D eigenvalue weighted by Gasteiger charge is 2.34. The molecule has 0 saturated heterocycles. The van der Waals surface area contributed by atoms with E-state index in [-0.39, 0.29) is 22.5 Å². The predicted molar refractivity (Wildman–Crippen MR) is 112 cm³/mol. The van der Waals surface area contributed by atoms with E-state index in [9.17, 15) is 28.6 Å². The van der Waals surface area contributed by atoms with Gasteiger partial charge < -0.3 is 15.2 Å². The summed E-state index contributed by atoms with van der Waals surface area (Å²) in [6.07, 6.45) is -1.21. The molecule has 0 radical (unpaired) electrons. The third-order valence-electron chi connectivity index (χ3n) is 5.08. The molecule has 4 rings (SSSR count). The number of hydrogen-bond acceptors (Lipinski definition) is 5. The van der Waals surface area contributed by atoms with Crippen LogP contribution in [0, 0.1) is 11.6 Å². The molecule has 1 heterocycles. The minimum atomic E-state index is -1.51. The normalized spacial score (nSPS) is 13.1. The van der Waals surface area contributed by atoms with E-state index in [2.05, 4.69) is 9.97 Å². The molecule has 162 valence electrons. The van der Waals surface area contributed by atoms with Gasteiger partial charge in [-0.15, -0.1) is 0 Å². The summed E-state index contributed by atoms with van der Waals surface area (Å²) in [7, 11) is 0. The van der Waals surface area contributed by atoms with Gasteiger partial charge in [0.2, 0.25) is 0 Å². The van der Waals surface area contributed by atoms with Crippen LogP contribution >= 0.6 is 0 Å². The Hall–Kier alpha value is -3.75. The number of halogens is 2. The lowest BCUT2D eigenvalue weighted by Gasteiger charge is -2.15. The fourth-order valence-corrected chi connectivity index (χ4v) is 3.51. The Labute approximate surface area is 181 Å². The maximum absolute atomic E-state index is 13.8. The number of fused-ring (bicyclic) bond motifs is 1. The summed E-state index contributed by atoms with van der Waals surface area (Å²) in [6, 6.07) is 15.1. The number of carbonyl (C=O) groups excluding carboxylic acids is 2. The minimum absolute atomic E-state index is 0.0268. The number of ketones is 2. The molecule has 3 N–H and O–H groups in total. The van der Waals surface area contributed by atoms with Crippen molar-refractivity contribution in [2.45, 2.75) is 12.0 Å². The third kappa shape index (κ3) is 4.18. The number of aromatic amines is 1. The lowest BCUT2D eigenvalue weighted by atomic mass is 9.88. The van der Waals surface area contributed by atoms with Crippen molar-refractivity contribution in [1.82, 2.24) is 9.97 Å². The number of carbonyl (C=O) groups is 2. The van der Waals surface area contributed by atoms with E-state index in [1.54, 1.807) is 24.3 Å². The van der Waals surface area contributed by atoms with Gasteiger partial charge in [-0.05, 0) is 35.9 Å². The van der Waals surface area contributed by atoms with Gasteiger partial charge in [-0.1, -0.05) is 30.3 Å². The highest BCUT2D eigenvalue weighted by atomic mass is 19.1. The first kappa shape index (κ1) is 21.5. The van der Waals surface area contributed by atoms with E-state index >= 15 is 0 Å². The van der Waals surface area contributed by atoms with Crippen LogP contribution < -0.4 is 0 Å². The number of aliphatic hydroxyl groups excluding tert-OH is 2. The topological polar surface area (TPSA) is 103 Å². The number of rotatable bonds is 7. The number of Topliss-reactive ketones (excluding diaryl/α,β-unsaturated/α-hetero) is 2. The van der Waals surface area contributed by atoms with Crippen molar-refractivity contribution in [3.05, 3.63) is 101 Å². The van der Waals surface area contributed by atoms with Crippen LogP contribution in [0.5, 0.6) is 0 Å². The van der Waals surface area contributed by atoms with E-state index in [1.165, 1.54) is 24.3 Å². The monoisotopic (exact) mass is 436 g/mol. The Morgan fingerprint density at radius 2 is 1.59 bits per heavy atom. The lowest BCUT2D eigenvalue weighted by molar-refractivity contribution is 0.0854. The van der Waals surface area contributed by atoms with Gasteiger partial charge in [0.25, 0.3) is 0 Å². The molecule has 0 saturated carbocycles. The number of imidazole rings is 1. The van der Waals surface area contributed by atoms with Crippen LogP contribution in [-0.2, 0) is 0 Å². The SMILES string of the molecule is O=C(c1cc(F)cc(F)c1)C(C(=O)c1cccc(C(O)CO)c1)c1nc2ccccc2[nH]1. The zero-order valence-corrected chi connectivity index (χ0v) is 16.6. The number of H-pyrrole nitrogens is 1. The molecule has 0 fully saturated rings. The van der Waals surface area contributed by atoms with Gasteiger partial charge in [0, 0.05) is 17.2 Å². The summed E-state index contributed by atoms with van der Waals surface area (Å²) in [5, 5.41) is 19.1. The summed E-state index contributed by atoms with van der Waals surface area (Å²) < 4.78 is 27.5. The first-order chi connectivity index (χ1) is 15.4. The second kappa shape index (κ2) is 8.78. The van der Waals surface area contributed by atoms with Crippen molar-refractivity contribution < 1.29 is 28.6 Å². The second-order valence-corrected chi connectivity index (χ2v) is 7.28. The molecule has 4 aromatic rings. The summed E-state index contributed by atoms with van der Waals surface area (Å²) in [5.74, 6) is -4.88. The molecule has 0 amide bonds. The van der Waals surface area contributed by atoms with Crippen molar-refractivity contribution in [2.75, 3.05) is 6.61 Å². The Kier molecular flexibility index (Phi) is 5.89. The molecule has 0 bridgehead atoms. The van der Waals surface area contributed by atoms with Crippen LogP contribution in [0.2, 0.25) is 0 Å². The quantitative estimate of drug-likeness (QED) is 0.303. The molecule has 0 aliphatic carbocycles. The van der Waals surface area contributed by atoms with Crippen molar-refractivity contribution in [2.24, 2.45) is 0 Å². The molecule has 2 unspecified atom stereocenters. The van der Waals surface area contributed by atoms with Crippen LogP contribution in [0.3, 0.4) is 0 Å². The van der Waals surface area contributed by atoms with Gasteiger partial charge in [-0.25, -0.2) is 13.8 Å². The van der Waals surface area contributed by atoms with E-state index in [0.717, 1.165) is 12.1 Å². The lowest BCUT2D eigenvalue weighted by Crippen LogP contribution is -2.24. The van der Waals surface area contributed by atoms with Gasteiger partial charge in [0.1, 0.15) is 29.5 Å². The number of aromatic nitrogens is 2. The predicted octanol–water partition coefficient (Wildman–Crippen LogP) is 3.72. The molecule has 8 heteroatoms. The van der Waals surface area contributed by atoms with Crippen LogP contribution in [0.15, 0.2) is 66.7 Å². The zero-order valence-electron chi connectivity index (χ0n) is 16.6. The highest BCUT2D eigenvalue weighted by molar-refractivity contribution is 6.19. The van der Waals surface area contributed by atoms with E-state index in [1.807, 2.05) is 0 Å². The van der Waals surface area contributed by atoms with E-state index < -0.39 is 41.8 Å². The number of nitrogens with one attached hydrogen (secondary N) is 1. The first-order valence-corrected chi connectivity index (χ1v) is 9.75. The number of nitrogens with zero attached hydrogens (tertiary/aromatic N) is 1. The van der Waals surface area contributed by atoms with Crippen molar-refractivity contribution in [1.29, 1.82) is 0 Å². The molecule has 6 nitrogen and oxygen atoms in total. The number of aliphatic hydroxyl groups is 2. The molecule has 1 aromatic heterocycles. The number of benzene rings is 3. The Bertz CT molecular complexity index is 1270. The summed E-state index contributed by atoms with van der Waals surface area (Å²) in [5.41, 5.74) is 1.15. The minimum Gasteiger partial charge on any atom is -0.393 e. The van der Waals surface area contributed by atoms with Crippen LogP contribution in [0.1, 0.15) is 44.1 Å². The molecule has 0 aliphatic rings. The number of para-hydroxylation sites is 2. The van der Waals surface area contributed by atoms with Gasteiger partial charge in [0.15, 0.2) is 11.6 Å². The van der Waals surface area contributed by atoms with Crippen LogP contribution in [-0.4, -0.2) is 38.4 Å². The van der Waals surface area contributed by atoms with Crippen molar-refractivity contribution >= 4 is 22.6 Å². The van der Waals surface area contributed by atoms with Gasteiger partial charge >= 0.3 is 0 Å². The fourth-order valence-electron chi connectivity index (χ4n) is 3.51. The largest absolute Gasteiger partial charge is 0.393 e. The molecule has 0 spiro atoms. The van der Waals surface area contributed by atoms with Crippen LogP contribution in [0.25, 0.3) is 11.0 Å². The fraction of sp³-hybridized carbons (Fsp3) is 0.125. The smallest absolute Gasteiger partial charge is 0.181 e. The molecule has 32 heavy (non-hydrogen) atoms. The van der Waals surface area contributed by atoms with E-state index in [4.69, 9.17) is 0 Å². The van der Waals surface area contributed by atoms with Crippen molar-refractivity contribution in [3.63, 3.8) is 0 Å². The molecule has 0 aliphatic heterocycles. The van der Waals surface area contributed by atoms with Gasteiger partial charge in [0.05, 0.1) is 17.6 Å². The third-order valence-corrected chi connectivity index (χ3v) is 5.08. The van der Waals surface area contributed by atoms with Crippen LogP contribution in [0.4, 0.5) is 8.78 Å². The maximum Gasteiger partial charge on any atom is 0.181 e. The average molecular weight is 436 g/mol. The standard InChI is InChI=1S/C24H18F2N2O4/c25-16-9-15(10-17(26)11-16)23(32)21(24-27-18-6-1-2-7-19(18)28-24)22(31)14-5-3-4-13(8-14)20(30)12-29/h1-11,20-21,29-30H,12H2,(H,27,28). The first-order valence-electron chi connectivity index (χ1n) is 9.75. The molecule has 3 aromatic carbocycles. The summed E-state index contributed by atoms with van der Waals surface area (Å²) in [6.45, 7) is -0.549. The van der Waals surface area contributed by atoms with Gasteiger partial charge in [-0.3, -0.25) is 9.59 Å².